The van der Waals surface area contributed by atoms with E-state index in [1.807, 2.05) is 26.1 Å². The molecule has 5 nitrogen and oxygen atoms in total. The first-order valence-corrected chi connectivity index (χ1v) is 8.08. The van der Waals surface area contributed by atoms with E-state index < -0.39 is 0 Å². The Hall–Kier alpha value is -2.01. The number of hydrogen-bond acceptors (Lipinski definition) is 3. The maximum atomic E-state index is 12.3. The van der Waals surface area contributed by atoms with Gasteiger partial charge in [-0.1, -0.05) is 11.6 Å². The number of hydrogen-bond donors (Lipinski definition) is 0. The van der Waals surface area contributed by atoms with E-state index in [9.17, 15) is 4.79 Å². The average molecular weight is 334 g/mol. The fourth-order valence-corrected chi connectivity index (χ4v) is 2.48. The summed E-state index contributed by atoms with van der Waals surface area (Å²) in [6.07, 6.45) is 4.20. The molecule has 1 amide bonds. The number of aromatic nitrogens is 2. The van der Waals surface area contributed by atoms with E-state index >= 15 is 0 Å². The number of benzene rings is 1. The van der Waals surface area contributed by atoms with Crippen molar-refractivity contribution in [3.63, 3.8) is 0 Å². The molecule has 0 bridgehead atoms. The van der Waals surface area contributed by atoms with Gasteiger partial charge < -0.3 is 9.64 Å². The molecule has 0 atom stereocenters. The number of aryl methyl sites for hydroxylation is 1. The van der Waals surface area contributed by atoms with Gasteiger partial charge in [0.15, 0.2) is 6.73 Å². The molecule has 0 N–H and O–H groups in total. The fraction of sp³-hybridized carbons (Fsp3) is 0.412. The molecule has 23 heavy (non-hydrogen) atoms. The van der Waals surface area contributed by atoms with Crippen LogP contribution < -0.4 is 4.74 Å². The van der Waals surface area contributed by atoms with Crippen molar-refractivity contribution in [1.82, 2.24) is 14.7 Å². The van der Waals surface area contributed by atoms with E-state index in [2.05, 4.69) is 5.10 Å². The summed E-state index contributed by atoms with van der Waals surface area (Å²) in [4.78, 5) is 14.0. The second kappa shape index (κ2) is 6.62. The van der Waals surface area contributed by atoms with Crippen LogP contribution in [-0.4, -0.2) is 34.2 Å². The first kappa shape index (κ1) is 15.9. The third-order valence-corrected chi connectivity index (χ3v) is 4.35. The maximum Gasteiger partial charge on any atom is 0.274 e. The van der Waals surface area contributed by atoms with Crippen LogP contribution in [0.4, 0.5) is 0 Å². The minimum Gasteiger partial charge on any atom is -0.471 e. The van der Waals surface area contributed by atoms with Crippen LogP contribution in [0.1, 0.15) is 28.9 Å². The normalized spacial score (nSPS) is 13.9. The number of rotatable bonds is 6. The van der Waals surface area contributed by atoms with Crippen LogP contribution in [0.3, 0.4) is 0 Å². The first-order valence-electron chi connectivity index (χ1n) is 7.71. The predicted octanol–water partition coefficient (Wildman–Crippen LogP) is 3.36. The molecule has 0 spiro atoms. The largest absolute Gasteiger partial charge is 0.471 e. The zero-order valence-corrected chi connectivity index (χ0v) is 14.1. The summed E-state index contributed by atoms with van der Waals surface area (Å²) in [7, 11) is 1.83. The highest BCUT2D eigenvalue weighted by molar-refractivity contribution is 6.31. The number of nitrogens with zero attached hydrogens (tertiary/aromatic N) is 3. The molecular weight excluding hydrogens is 314 g/mol. The van der Waals surface area contributed by atoms with Gasteiger partial charge in [0.1, 0.15) is 11.4 Å². The topological polar surface area (TPSA) is 47.4 Å². The maximum absolute atomic E-state index is 12.3. The van der Waals surface area contributed by atoms with Gasteiger partial charge in [-0.2, -0.15) is 5.10 Å². The number of carbonyl (C=O) groups excluding carboxylic acids is 1. The van der Waals surface area contributed by atoms with Gasteiger partial charge in [-0.25, -0.2) is 4.68 Å². The summed E-state index contributed by atoms with van der Waals surface area (Å²) in [5, 5.41) is 5.00. The zero-order chi connectivity index (χ0) is 16.4. The Bertz CT molecular complexity index is 710. The van der Waals surface area contributed by atoms with Crippen LogP contribution in [0, 0.1) is 12.8 Å². The highest BCUT2D eigenvalue weighted by Crippen LogP contribution is 2.29. The molecule has 0 unspecified atom stereocenters. The summed E-state index contributed by atoms with van der Waals surface area (Å²) in [5.41, 5.74) is 1.41. The lowest BCUT2D eigenvalue weighted by Crippen LogP contribution is -2.29. The molecule has 1 aromatic carbocycles. The molecule has 6 heteroatoms. The Morgan fingerprint density at radius 3 is 2.91 bits per heavy atom. The van der Waals surface area contributed by atoms with Gasteiger partial charge in [-0.3, -0.25) is 4.79 Å². The lowest BCUT2D eigenvalue weighted by atomic mass is 10.2. The van der Waals surface area contributed by atoms with Gasteiger partial charge in [0.05, 0.1) is 0 Å². The second-order valence-corrected chi connectivity index (χ2v) is 6.46. The molecule has 1 fully saturated rings. The van der Waals surface area contributed by atoms with E-state index in [4.69, 9.17) is 16.3 Å². The van der Waals surface area contributed by atoms with Crippen molar-refractivity contribution >= 4 is 17.5 Å². The molecule has 1 heterocycles. The van der Waals surface area contributed by atoms with Gasteiger partial charge in [0.2, 0.25) is 0 Å². The number of amides is 1. The molecule has 1 saturated carbocycles. The molecule has 0 radical (unpaired) electrons. The van der Waals surface area contributed by atoms with E-state index in [1.54, 1.807) is 27.9 Å². The number of carbonyl (C=O) groups is 1. The highest BCUT2D eigenvalue weighted by Gasteiger charge is 2.26. The summed E-state index contributed by atoms with van der Waals surface area (Å²) >= 11 is 5.99. The van der Waals surface area contributed by atoms with Crippen molar-refractivity contribution in [3.05, 3.63) is 46.7 Å². The molecule has 1 aliphatic rings. The minimum absolute atomic E-state index is 0.0435. The van der Waals surface area contributed by atoms with Crippen molar-refractivity contribution in [2.24, 2.45) is 5.92 Å². The fourth-order valence-electron chi connectivity index (χ4n) is 2.36. The summed E-state index contributed by atoms with van der Waals surface area (Å²) < 4.78 is 7.29. The molecule has 122 valence electrons. The molecule has 1 aliphatic carbocycles. The van der Waals surface area contributed by atoms with Crippen molar-refractivity contribution in [2.45, 2.75) is 26.5 Å². The van der Waals surface area contributed by atoms with Crippen LogP contribution in [0.5, 0.6) is 5.75 Å². The van der Waals surface area contributed by atoms with Crippen molar-refractivity contribution in [2.75, 3.05) is 13.6 Å². The SMILES string of the molecule is Cc1cc(OCn2ccc(C(=O)N(C)CC3CC3)n2)ccc1Cl. The minimum atomic E-state index is -0.0435. The smallest absolute Gasteiger partial charge is 0.274 e. The van der Waals surface area contributed by atoms with E-state index in [-0.39, 0.29) is 12.6 Å². The number of halogens is 1. The summed E-state index contributed by atoms with van der Waals surface area (Å²) in [5.74, 6) is 1.35. The summed E-state index contributed by atoms with van der Waals surface area (Å²) in [6, 6.07) is 7.22. The Balaban J connectivity index is 1.58. The molecule has 3 rings (SSSR count). The lowest BCUT2D eigenvalue weighted by molar-refractivity contribution is 0.0780. The van der Waals surface area contributed by atoms with E-state index in [0.29, 0.717) is 16.6 Å². The van der Waals surface area contributed by atoms with Gasteiger partial charge in [-0.15, -0.1) is 0 Å². The van der Waals surface area contributed by atoms with Crippen molar-refractivity contribution in [3.8, 4) is 5.75 Å². The Morgan fingerprint density at radius 1 is 1.43 bits per heavy atom. The Kier molecular flexibility index (Phi) is 4.57. The van der Waals surface area contributed by atoms with Crippen LogP contribution >= 0.6 is 11.6 Å². The van der Waals surface area contributed by atoms with Gasteiger partial charge in [0.25, 0.3) is 5.91 Å². The van der Waals surface area contributed by atoms with Crippen LogP contribution in [-0.2, 0) is 6.73 Å². The van der Waals surface area contributed by atoms with Crippen LogP contribution in [0.25, 0.3) is 0 Å². The van der Waals surface area contributed by atoms with E-state index in [0.717, 1.165) is 17.9 Å². The molecule has 0 aliphatic heterocycles. The molecule has 1 aromatic heterocycles. The standard InChI is InChI=1S/C17H20ClN3O2/c1-12-9-14(5-6-15(12)18)23-11-21-8-7-16(19-21)17(22)20(2)10-13-3-4-13/h5-9,13H,3-4,10-11H2,1-2H3. The third kappa shape index (κ3) is 4.05. The number of ether oxygens (including phenoxy) is 1. The van der Waals surface area contributed by atoms with Crippen molar-refractivity contribution < 1.29 is 9.53 Å². The quantitative estimate of drug-likeness (QED) is 0.814. The third-order valence-electron chi connectivity index (χ3n) is 3.93. The first-order chi connectivity index (χ1) is 11.0. The summed E-state index contributed by atoms with van der Waals surface area (Å²) in [6.45, 7) is 2.99. The molecule has 0 saturated heterocycles. The van der Waals surface area contributed by atoms with Gasteiger partial charge >= 0.3 is 0 Å². The van der Waals surface area contributed by atoms with E-state index in [1.165, 1.54) is 12.8 Å². The van der Waals surface area contributed by atoms with Crippen molar-refractivity contribution in [1.29, 1.82) is 0 Å². The molecular formula is C17H20ClN3O2. The van der Waals surface area contributed by atoms with Gasteiger partial charge in [0, 0.05) is 24.8 Å². The average Bonchev–Trinajstić information content (AvgIpc) is 3.22. The van der Waals surface area contributed by atoms with Gasteiger partial charge in [-0.05, 0) is 55.5 Å². The Labute approximate surface area is 140 Å². The van der Waals surface area contributed by atoms with Crippen LogP contribution in [0.2, 0.25) is 5.02 Å². The predicted molar refractivity (Wildman–Crippen MR) is 88.7 cm³/mol. The highest BCUT2D eigenvalue weighted by atomic mass is 35.5. The molecule has 2 aromatic rings. The Morgan fingerprint density at radius 2 is 2.22 bits per heavy atom. The monoisotopic (exact) mass is 333 g/mol. The van der Waals surface area contributed by atoms with Crippen LogP contribution in [0.15, 0.2) is 30.5 Å². The second-order valence-electron chi connectivity index (χ2n) is 6.05. The zero-order valence-electron chi connectivity index (χ0n) is 13.3. The lowest BCUT2D eigenvalue weighted by Gasteiger charge is -2.14.